The van der Waals surface area contributed by atoms with Gasteiger partial charge in [0.05, 0.1) is 4.90 Å². The highest BCUT2D eigenvalue weighted by molar-refractivity contribution is 7.91. The average molecular weight is 351 g/mol. The summed E-state index contributed by atoms with van der Waals surface area (Å²) in [5.41, 5.74) is 1.33. The fourth-order valence-corrected chi connectivity index (χ4v) is 3.18. The Hall–Kier alpha value is -2.28. The monoisotopic (exact) mass is 351 g/mol. The van der Waals surface area contributed by atoms with Crippen LogP contribution in [-0.2, 0) is 14.6 Å². The molecule has 0 amide bonds. The molecule has 0 saturated heterocycles. The number of hydrogen-bond acceptors (Lipinski definition) is 4. The SMILES string of the molecule is O=S(=O)(CF)c1ccc([C@H]2OC(c3ccccc3)=N[C@@H]2CF)cc1. The van der Waals surface area contributed by atoms with Gasteiger partial charge in [0.2, 0.25) is 15.7 Å². The third kappa shape index (κ3) is 3.17. The van der Waals surface area contributed by atoms with E-state index >= 15 is 0 Å². The molecule has 126 valence electrons. The van der Waals surface area contributed by atoms with Crippen molar-refractivity contribution in [2.45, 2.75) is 17.0 Å². The summed E-state index contributed by atoms with van der Waals surface area (Å²) in [7, 11) is -3.92. The first-order chi connectivity index (χ1) is 11.5. The summed E-state index contributed by atoms with van der Waals surface area (Å²) < 4.78 is 54.6. The summed E-state index contributed by atoms with van der Waals surface area (Å²) >= 11 is 0. The topological polar surface area (TPSA) is 55.7 Å². The van der Waals surface area contributed by atoms with Crippen molar-refractivity contribution < 1.29 is 21.9 Å². The maximum absolute atomic E-state index is 13.3. The molecule has 0 saturated carbocycles. The normalized spacial score (nSPS) is 20.5. The summed E-state index contributed by atoms with van der Waals surface area (Å²) in [6, 6.07) is 12.6. The van der Waals surface area contributed by atoms with Crippen LogP contribution in [0.3, 0.4) is 0 Å². The Bertz CT molecular complexity index is 836. The molecule has 0 aromatic heterocycles. The molecule has 4 nitrogen and oxygen atoms in total. The average Bonchev–Trinajstić information content (AvgIpc) is 3.07. The summed E-state index contributed by atoms with van der Waals surface area (Å²) in [6.07, 6.45) is -0.646. The molecule has 24 heavy (non-hydrogen) atoms. The second kappa shape index (κ2) is 6.68. The summed E-state index contributed by atoms with van der Waals surface area (Å²) in [5.74, 6) is 0.351. The third-order valence-corrected chi connectivity index (χ3v) is 5.04. The number of hydrogen-bond donors (Lipinski definition) is 0. The number of ether oxygens (including phenoxy) is 1. The minimum Gasteiger partial charge on any atom is -0.467 e. The van der Waals surface area contributed by atoms with E-state index in [1.807, 2.05) is 30.3 Å². The summed E-state index contributed by atoms with van der Waals surface area (Å²) in [6.45, 7) is -0.703. The summed E-state index contributed by atoms with van der Waals surface area (Å²) in [5, 5.41) is 0. The Morgan fingerprint density at radius 1 is 1.00 bits per heavy atom. The third-order valence-electron chi connectivity index (χ3n) is 3.76. The molecule has 1 heterocycles. The number of sulfone groups is 1. The lowest BCUT2D eigenvalue weighted by atomic mass is 10.0. The zero-order valence-electron chi connectivity index (χ0n) is 12.6. The van der Waals surface area contributed by atoms with Crippen molar-refractivity contribution in [1.29, 1.82) is 0 Å². The predicted molar refractivity (Wildman–Crippen MR) is 86.2 cm³/mol. The van der Waals surface area contributed by atoms with Crippen molar-refractivity contribution in [2.24, 2.45) is 4.99 Å². The Balaban J connectivity index is 1.85. The Morgan fingerprint density at radius 3 is 2.25 bits per heavy atom. The van der Waals surface area contributed by atoms with E-state index in [0.29, 0.717) is 11.5 Å². The van der Waals surface area contributed by atoms with Crippen LogP contribution in [0.15, 0.2) is 64.5 Å². The number of benzene rings is 2. The quantitative estimate of drug-likeness (QED) is 0.831. The van der Waals surface area contributed by atoms with E-state index in [1.54, 1.807) is 0 Å². The summed E-state index contributed by atoms with van der Waals surface area (Å²) in [4.78, 5) is 4.15. The molecule has 7 heteroatoms. The standard InChI is InChI=1S/C17H15F2NO3S/c18-10-15-16(23-17(20-15)13-4-2-1-3-5-13)12-6-8-14(9-7-12)24(21,22)11-19/h1-9,15-16H,10-11H2/t15-,16-/m1/s1. The molecule has 0 aliphatic carbocycles. The van der Waals surface area contributed by atoms with E-state index in [4.69, 9.17) is 4.74 Å². The number of rotatable bonds is 5. The highest BCUT2D eigenvalue weighted by Gasteiger charge is 2.33. The first-order valence-electron chi connectivity index (χ1n) is 7.29. The van der Waals surface area contributed by atoms with Gasteiger partial charge in [0.1, 0.15) is 12.7 Å². The van der Waals surface area contributed by atoms with E-state index in [0.717, 1.165) is 5.56 Å². The van der Waals surface area contributed by atoms with E-state index in [1.165, 1.54) is 24.3 Å². The molecular weight excluding hydrogens is 336 g/mol. The van der Waals surface area contributed by atoms with Crippen LogP contribution in [0.1, 0.15) is 17.2 Å². The Labute approximate surface area is 138 Å². The van der Waals surface area contributed by atoms with Gasteiger partial charge in [0.25, 0.3) is 0 Å². The lowest BCUT2D eigenvalue weighted by molar-refractivity contribution is 0.180. The highest BCUT2D eigenvalue weighted by Crippen LogP contribution is 2.32. The predicted octanol–water partition coefficient (Wildman–Crippen LogP) is 3.24. The molecule has 1 aliphatic rings. The molecule has 0 fully saturated rings. The molecule has 2 aromatic carbocycles. The van der Waals surface area contributed by atoms with Gasteiger partial charge in [-0.1, -0.05) is 30.3 Å². The fourth-order valence-electron chi connectivity index (χ4n) is 2.50. The minimum absolute atomic E-state index is 0.118. The number of nitrogens with zero attached hydrogens (tertiary/aromatic N) is 1. The van der Waals surface area contributed by atoms with Gasteiger partial charge in [-0.15, -0.1) is 0 Å². The molecule has 0 radical (unpaired) electrons. The van der Waals surface area contributed by atoms with Crippen LogP contribution in [0.2, 0.25) is 0 Å². The molecule has 2 aromatic rings. The van der Waals surface area contributed by atoms with Gasteiger partial charge in [-0.3, -0.25) is 0 Å². The lowest BCUT2D eigenvalue weighted by Gasteiger charge is -2.16. The molecule has 0 bridgehead atoms. The molecule has 0 N–H and O–H groups in total. The smallest absolute Gasteiger partial charge is 0.217 e. The number of aliphatic imine (C=N–C) groups is 1. The minimum atomic E-state index is -3.92. The maximum atomic E-state index is 13.3. The number of alkyl halides is 2. The lowest BCUT2D eigenvalue weighted by Crippen LogP contribution is -2.16. The van der Waals surface area contributed by atoms with Crippen molar-refractivity contribution in [3.05, 3.63) is 65.7 Å². The van der Waals surface area contributed by atoms with Gasteiger partial charge >= 0.3 is 0 Å². The Morgan fingerprint density at radius 2 is 1.67 bits per heavy atom. The zero-order chi connectivity index (χ0) is 17.2. The van der Waals surface area contributed by atoms with E-state index in [9.17, 15) is 17.2 Å². The van der Waals surface area contributed by atoms with Gasteiger partial charge in [-0.25, -0.2) is 22.2 Å². The van der Waals surface area contributed by atoms with E-state index in [2.05, 4.69) is 4.99 Å². The molecule has 1 aliphatic heterocycles. The van der Waals surface area contributed by atoms with Gasteiger partial charge in [0, 0.05) is 5.56 Å². The highest BCUT2D eigenvalue weighted by atomic mass is 32.2. The van der Waals surface area contributed by atoms with E-state index < -0.39 is 34.7 Å². The van der Waals surface area contributed by atoms with Crippen LogP contribution < -0.4 is 0 Å². The van der Waals surface area contributed by atoms with Gasteiger partial charge < -0.3 is 4.74 Å². The fraction of sp³-hybridized carbons (Fsp3) is 0.235. The van der Waals surface area contributed by atoms with Crippen LogP contribution in [0.4, 0.5) is 8.78 Å². The van der Waals surface area contributed by atoms with Crippen molar-refractivity contribution >= 4 is 15.7 Å². The van der Waals surface area contributed by atoms with Gasteiger partial charge in [-0.05, 0) is 29.8 Å². The Kier molecular flexibility index (Phi) is 4.62. The molecule has 3 rings (SSSR count). The van der Waals surface area contributed by atoms with Crippen LogP contribution >= 0.6 is 0 Å². The van der Waals surface area contributed by atoms with Crippen LogP contribution in [0.25, 0.3) is 0 Å². The van der Waals surface area contributed by atoms with Crippen LogP contribution in [-0.4, -0.2) is 33.0 Å². The van der Waals surface area contributed by atoms with Crippen LogP contribution in [0.5, 0.6) is 0 Å². The van der Waals surface area contributed by atoms with Crippen LogP contribution in [0, 0.1) is 0 Å². The van der Waals surface area contributed by atoms with Crippen molar-refractivity contribution in [3.8, 4) is 0 Å². The van der Waals surface area contributed by atoms with Crippen molar-refractivity contribution in [3.63, 3.8) is 0 Å². The second-order valence-electron chi connectivity index (χ2n) is 5.35. The first kappa shape index (κ1) is 16.6. The molecule has 0 unspecified atom stereocenters. The van der Waals surface area contributed by atoms with Gasteiger partial charge in [-0.2, -0.15) is 0 Å². The molecule has 2 atom stereocenters. The molecular formula is C17H15F2NO3S. The van der Waals surface area contributed by atoms with Crippen molar-refractivity contribution in [1.82, 2.24) is 0 Å². The largest absolute Gasteiger partial charge is 0.467 e. The van der Waals surface area contributed by atoms with Crippen molar-refractivity contribution in [2.75, 3.05) is 12.7 Å². The first-order valence-corrected chi connectivity index (χ1v) is 8.95. The molecule has 0 spiro atoms. The number of halogens is 2. The zero-order valence-corrected chi connectivity index (χ0v) is 13.4. The van der Waals surface area contributed by atoms with E-state index in [-0.39, 0.29) is 4.90 Å². The second-order valence-corrected chi connectivity index (χ2v) is 7.27. The van der Waals surface area contributed by atoms with Gasteiger partial charge in [0.15, 0.2) is 12.1 Å². The maximum Gasteiger partial charge on any atom is 0.217 e.